The van der Waals surface area contributed by atoms with E-state index >= 15 is 0 Å². The maximum atomic E-state index is 13.7. The van der Waals surface area contributed by atoms with Gasteiger partial charge in [0.15, 0.2) is 0 Å². The monoisotopic (exact) mass is 732 g/mol. The van der Waals surface area contributed by atoms with Crippen molar-refractivity contribution in [3.8, 4) is 0 Å². The first-order valence-electron chi connectivity index (χ1n) is 16.1. The number of phosphoric ester groups is 1. The van der Waals surface area contributed by atoms with E-state index in [1.807, 2.05) is 20.8 Å². The number of H-pyrrole nitrogens is 1. The predicted molar refractivity (Wildman–Crippen MR) is 174 cm³/mol. The van der Waals surface area contributed by atoms with Crippen LogP contribution < -0.4 is 27.0 Å². The van der Waals surface area contributed by atoms with Crippen molar-refractivity contribution in [1.82, 2.24) is 36.1 Å². The molecule has 6 amide bonds. The first kappa shape index (κ1) is 42.2. The number of amides is 6. The summed E-state index contributed by atoms with van der Waals surface area (Å²) >= 11 is 0. The molecule has 1 fully saturated rings. The normalized spacial score (nSPS) is 19.2. The molecular formula is C29H49N8O12P. The van der Waals surface area contributed by atoms with Crippen LogP contribution in [-0.2, 0) is 49.0 Å². The number of hydrogen-bond donors (Lipinski definition) is 9. The first-order valence-corrected chi connectivity index (χ1v) is 17.6. The summed E-state index contributed by atoms with van der Waals surface area (Å²) in [6.07, 6.45) is 1.74. The van der Waals surface area contributed by atoms with E-state index in [9.17, 15) is 38.4 Å². The van der Waals surface area contributed by atoms with Crippen molar-refractivity contribution in [2.24, 2.45) is 11.7 Å². The van der Waals surface area contributed by atoms with Gasteiger partial charge in [0.25, 0.3) is 0 Å². The summed E-state index contributed by atoms with van der Waals surface area (Å²) in [5, 5.41) is 19.6. The summed E-state index contributed by atoms with van der Waals surface area (Å²) in [5.74, 6) is -5.09. The highest BCUT2D eigenvalue weighted by molar-refractivity contribution is 7.46. The van der Waals surface area contributed by atoms with Crippen LogP contribution in [-0.4, -0.2) is 127 Å². The number of primary amides is 1. The molecule has 1 saturated heterocycles. The topological polar surface area (TPSA) is 305 Å². The fourth-order valence-corrected chi connectivity index (χ4v) is 5.84. The van der Waals surface area contributed by atoms with Gasteiger partial charge < -0.3 is 56.5 Å². The average Bonchev–Trinajstić information content (AvgIpc) is 3.69. The van der Waals surface area contributed by atoms with Crippen LogP contribution in [0.25, 0.3) is 0 Å². The Kier molecular flexibility index (Phi) is 16.4. The van der Waals surface area contributed by atoms with Gasteiger partial charge in [-0.05, 0) is 25.7 Å². The van der Waals surface area contributed by atoms with E-state index in [1.165, 1.54) is 24.3 Å². The highest BCUT2D eigenvalue weighted by atomic mass is 31.2. The zero-order chi connectivity index (χ0) is 37.8. The number of aromatic amines is 1. The van der Waals surface area contributed by atoms with Crippen LogP contribution in [0.15, 0.2) is 12.5 Å². The number of nitrogens with one attached hydrogen (secondary N) is 5. The highest BCUT2D eigenvalue weighted by Gasteiger charge is 2.41. The van der Waals surface area contributed by atoms with Crippen molar-refractivity contribution < 1.29 is 57.5 Å². The Hall–Kier alpha value is -3.94. The molecule has 0 radical (unpaired) electrons. The van der Waals surface area contributed by atoms with Crippen molar-refractivity contribution in [3.63, 3.8) is 0 Å². The van der Waals surface area contributed by atoms with Crippen molar-refractivity contribution in [2.75, 3.05) is 19.8 Å². The molecule has 0 bridgehead atoms. The molecule has 282 valence electrons. The number of carbonyl (C=O) groups is 6. The van der Waals surface area contributed by atoms with E-state index in [4.69, 9.17) is 20.3 Å². The van der Waals surface area contributed by atoms with Gasteiger partial charge in [-0.1, -0.05) is 20.8 Å². The molecule has 1 aliphatic rings. The van der Waals surface area contributed by atoms with Gasteiger partial charge in [0.1, 0.15) is 30.2 Å². The van der Waals surface area contributed by atoms with Crippen LogP contribution in [0.3, 0.4) is 0 Å². The van der Waals surface area contributed by atoms with E-state index in [1.54, 1.807) is 0 Å². The van der Waals surface area contributed by atoms with Crippen LogP contribution in [0.1, 0.15) is 59.6 Å². The molecule has 1 unspecified atom stereocenters. The van der Waals surface area contributed by atoms with Crippen LogP contribution in [0.5, 0.6) is 0 Å². The number of ether oxygens (including phenoxy) is 1. The highest BCUT2D eigenvalue weighted by Crippen LogP contribution is 2.38. The molecule has 2 heterocycles. The second-order valence-electron chi connectivity index (χ2n) is 12.4. The van der Waals surface area contributed by atoms with Gasteiger partial charge in [-0.2, -0.15) is 0 Å². The van der Waals surface area contributed by atoms with Crippen LogP contribution >= 0.6 is 7.82 Å². The zero-order valence-corrected chi connectivity index (χ0v) is 29.6. The summed E-state index contributed by atoms with van der Waals surface area (Å²) in [4.78, 5) is 104. The SMILES string of the molecule is CCCOC1C[C@@H](C(=O)N[C@@H](CC(C)C)C(=O)N[C@@H](Cc2cnc[nH]2)C(=O)N[C@@H](CO)C(=O)N[C@H](C(N)=O)[C@@H](C)OP(=O)(O)O)N(C(C)=O)C1. The van der Waals surface area contributed by atoms with E-state index in [-0.39, 0.29) is 43.7 Å². The summed E-state index contributed by atoms with van der Waals surface area (Å²) < 4.78 is 21.4. The Morgan fingerprint density at radius 1 is 1.04 bits per heavy atom. The maximum absolute atomic E-state index is 13.7. The lowest BCUT2D eigenvalue weighted by molar-refractivity contribution is -0.139. The molecule has 21 heteroatoms. The van der Waals surface area contributed by atoms with Gasteiger partial charge in [-0.25, -0.2) is 9.55 Å². The third-order valence-corrected chi connectivity index (χ3v) is 8.28. The van der Waals surface area contributed by atoms with Gasteiger partial charge in [0.05, 0.1) is 25.1 Å². The molecule has 1 aliphatic heterocycles. The number of aliphatic hydroxyl groups is 1. The number of likely N-dealkylation sites (tertiary alicyclic amines) is 1. The third kappa shape index (κ3) is 13.4. The van der Waals surface area contributed by atoms with E-state index < -0.39 is 80.3 Å². The minimum atomic E-state index is -5.09. The Bertz CT molecular complexity index is 1370. The third-order valence-electron chi connectivity index (χ3n) is 7.67. The number of nitrogens with zero attached hydrogens (tertiary/aromatic N) is 2. The molecule has 7 atom stereocenters. The summed E-state index contributed by atoms with van der Waals surface area (Å²) in [6.45, 7) is 7.66. The van der Waals surface area contributed by atoms with Gasteiger partial charge in [0, 0.05) is 44.8 Å². The molecule has 0 aromatic carbocycles. The lowest BCUT2D eigenvalue weighted by atomic mass is 10.0. The Balaban J connectivity index is 2.25. The van der Waals surface area contributed by atoms with E-state index in [0.29, 0.717) is 12.3 Å². The van der Waals surface area contributed by atoms with Crippen molar-refractivity contribution >= 4 is 43.3 Å². The van der Waals surface area contributed by atoms with Gasteiger partial charge >= 0.3 is 7.82 Å². The Morgan fingerprint density at radius 3 is 2.18 bits per heavy atom. The fraction of sp³-hybridized carbons (Fsp3) is 0.690. The van der Waals surface area contributed by atoms with Crippen LogP contribution in [0, 0.1) is 5.92 Å². The molecule has 2 rings (SSSR count). The largest absolute Gasteiger partial charge is 0.469 e. The molecular weight excluding hydrogens is 683 g/mol. The Morgan fingerprint density at radius 2 is 1.66 bits per heavy atom. The molecule has 1 aromatic heterocycles. The minimum Gasteiger partial charge on any atom is -0.394 e. The second kappa shape index (κ2) is 19.5. The number of nitrogens with two attached hydrogens (primary N) is 1. The van der Waals surface area contributed by atoms with Gasteiger partial charge in [-0.3, -0.25) is 33.3 Å². The smallest absolute Gasteiger partial charge is 0.394 e. The van der Waals surface area contributed by atoms with Crippen molar-refractivity contribution in [3.05, 3.63) is 18.2 Å². The van der Waals surface area contributed by atoms with Gasteiger partial charge in [0.2, 0.25) is 35.4 Å². The second-order valence-corrected chi connectivity index (χ2v) is 13.6. The zero-order valence-electron chi connectivity index (χ0n) is 28.7. The van der Waals surface area contributed by atoms with Crippen LogP contribution in [0.2, 0.25) is 0 Å². The summed E-state index contributed by atoms with van der Waals surface area (Å²) in [5.41, 5.74) is 5.66. The average molecular weight is 733 g/mol. The molecule has 1 aromatic rings. The number of phosphoric acid groups is 1. The number of imidazole rings is 1. The van der Waals surface area contributed by atoms with Crippen molar-refractivity contribution in [1.29, 1.82) is 0 Å². The summed E-state index contributed by atoms with van der Waals surface area (Å²) in [6, 6.07) is -6.92. The van der Waals surface area contributed by atoms with Crippen LogP contribution in [0.4, 0.5) is 0 Å². The predicted octanol–water partition coefficient (Wildman–Crippen LogP) is -2.67. The maximum Gasteiger partial charge on any atom is 0.469 e. The Labute approximate surface area is 289 Å². The van der Waals surface area contributed by atoms with E-state index in [2.05, 4.69) is 35.8 Å². The first-order chi connectivity index (χ1) is 23.4. The number of hydrogen-bond acceptors (Lipinski definition) is 11. The standard InChI is InChI=1S/C29H49N8O12P/c1-6-7-48-19-10-23(37(12-19)17(5)39)29(44)34-20(8-15(2)3)26(41)33-21(9-18-11-31-14-32-18)27(42)35-22(13-38)28(43)36-24(25(30)40)16(4)49-50(45,46)47/h11,14-16,19-24,38H,6-10,12-13H2,1-5H3,(H2,30,40)(H,31,32)(H,33,41)(H,34,44)(H,35,42)(H,36,43)(H2,45,46,47)/t16-,19?,20+,21+,22+,23+,24+/m1/s1. The quantitative estimate of drug-likeness (QED) is 0.0619. The number of carbonyl (C=O) groups excluding carboxylic acids is 6. The molecule has 20 nitrogen and oxygen atoms in total. The van der Waals surface area contributed by atoms with Crippen molar-refractivity contribution in [2.45, 2.75) is 103 Å². The molecule has 50 heavy (non-hydrogen) atoms. The fourth-order valence-electron chi connectivity index (χ4n) is 5.29. The van der Waals surface area contributed by atoms with Gasteiger partial charge in [-0.15, -0.1) is 0 Å². The van der Waals surface area contributed by atoms with E-state index in [0.717, 1.165) is 13.3 Å². The number of rotatable bonds is 20. The number of aromatic nitrogens is 2. The molecule has 10 N–H and O–H groups in total. The lowest BCUT2D eigenvalue weighted by Crippen LogP contribution is -2.61. The molecule has 0 spiro atoms. The molecule has 0 saturated carbocycles. The summed E-state index contributed by atoms with van der Waals surface area (Å²) in [7, 11) is -5.09. The molecule has 0 aliphatic carbocycles. The lowest BCUT2D eigenvalue weighted by Gasteiger charge is -2.28. The number of aliphatic hydroxyl groups excluding tert-OH is 1. The minimum absolute atomic E-state index is 0.100.